The SMILES string of the molecule is CCCCCCCC/C=C\CCCCCCCC(=O)OC(CCCCCCCC(=O)OCC(COC(=O)CCCCCCC)OC(=O)CCCCCCC)C(O)CO. The number of aliphatic hydroxyl groups is 2. The highest BCUT2D eigenvalue weighted by Gasteiger charge is 2.23. The molecular weight excluding hydrogens is 737 g/mol. The monoisotopic (exact) mass is 825 g/mol. The summed E-state index contributed by atoms with van der Waals surface area (Å²) in [4.78, 5) is 49.7. The Kier molecular flexibility index (Phi) is 40.8. The molecule has 10 nitrogen and oxygen atoms in total. The van der Waals surface area contributed by atoms with Gasteiger partial charge >= 0.3 is 23.9 Å². The molecule has 58 heavy (non-hydrogen) atoms. The number of esters is 4. The Hall–Kier alpha value is -2.46. The minimum absolute atomic E-state index is 0.137. The second kappa shape index (κ2) is 42.7. The summed E-state index contributed by atoms with van der Waals surface area (Å²) in [5.41, 5.74) is 0. The zero-order valence-electron chi connectivity index (χ0n) is 37.5. The minimum atomic E-state index is -1.11. The average Bonchev–Trinajstić information content (AvgIpc) is 3.21. The van der Waals surface area contributed by atoms with Crippen molar-refractivity contribution in [1.82, 2.24) is 0 Å². The van der Waals surface area contributed by atoms with Crippen molar-refractivity contribution in [3.8, 4) is 0 Å². The van der Waals surface area contributed by atoms with E-state index in [1.54, 1.807) is 0 Å². The number of hydrogen-bond acceptors (Lipinski definition) is 10. The number of allylic oxidation sites excluding steroid dienone is 2. The van der Waals surface area contributed by atoms with Crippen molar-refractivity contribution in [1.29, 1.82) is 0 Å². The van der Waals surface area contributed by atoms with Crippen LogP contribution in [0.25, 0.3) is 0 Å². The van der Waals surface area contributed by atoms with Crippen molar-refractivity contribution in [2.75, 3.05) is 19.8 Å². The molecule has 3 unspecified atom stereocenters. The summed E-state index contributed by atoms with van der Waals surface area (Å²) in [5, 5.41) is 19.8. The van der Waals surface area contributed by atoms with Crippen molar-refractivity contribution in [2.45, 2.75) is 251 Å². The van der Waals surface area contributed by atoms with Gasteiger partial charge in [0.25, 0.3) is 0 Å². The molecule has 0 radical (unpaired) electrons. The quantitative estimate of drug-likeness (QED) is 0.0264. The van der Waals surface area contributed by atoms with Gasteiger partial charge in [-0.3, -0.25) is 19.2 Å². The summed E-state index contributed by atoms with van der Waals surface area (Å²) in [6.45, 7) is 5.77. The Bertz CT molecular complexity index is 999. The third-order valence-electron chi connectivity index (χ3n) is 10.5. The van der Waals surface area contributed by atoms with Crippen LogP contribution < -0.4 is 0 Å². The van der Waals surface area contributed by atoms with Crippen LogP contribution in [0.1, 0.15) is 233 Å². The van der Waals surface area contributed by atoms with E-state index >= 15 is 0 Å². The van der Waals surface area contributed by atoms with Crippen LogP contribution in [0.15, 0.2) is 12.2 Å². The fourth-order valence-electron chi connectivity index (χ4n) is 6.78. The second-order valence-corrected chi connectivity index (χ2v) is 16.2. The first kappa shape index (κ1) is 55.5. The third-order valence-corrected chi connectivity index (χ3v) is 10.5. The van der Waals surface area contributed by atoms with E-state index in [0.29, 0.717) is 25.7 Å². The minimum Gasteiger partial charge on any atom is -0.462 e. The maximum atomic E-state index is 12.5. The van der Waals surface area contributed by atoms with Crippen molar-refractivity contribution in [3.63, 3.8) is 0 Å². The van der Waals surface area contributed by atoms with Gasteiger partial charge in [0, 0.05) is 25.7 Å². The molecule has 0 fully saturated rings. The molecule has 340 valence electrons. The lowest BCUT2D eigenvalue weighted by molar-refractivity contribution is -0.167. The lowest BCUT2D eigenvalue weighted by Gasteiger charge is -2.22. The molecule has 3 atom stereocenters. The fraction of sp³-hybridized carbons (Fsp3) is 0.875. The van der Waals surface area contributed by atoms with Crippen LogP contribution in [0, 0.1) is 0 Å². The van der Waals surface area contributed by atoms with Crippen LogP contribution in [-0.2, 0) is 38.1 Å². The number of aliphatic hydroxyl groups excluding tert-OH is 2. The molecule has 0 heterocycles. The van der Waals surface area contributed by atoms with E-state index in [1.165, 1.54) is 51.4 Å². The number of carbonyl (C=O) groups excluding carboxylic acids is 4. The summed E-state index contributed by atoms with van der Waals surface area (Å²) in [6, 6.07) is 0. The Balaban J connectivity index is 4.30. The number of unbranched alkanes of at least 4 members (excludes halogenated alkanes) is 23. The summed E-state index contributed by atoms with van der Waals surface area (Å²) >= 11 is 0. The van der Waals surface area contributed by atoms with Gasteiger partial charge in [-0.1, -0.05) is 155 Å². The average molecular weight is 825 g/mol. The van der Waals surface area contributed by atoms with Gasteiger partial charge in [0.2, 0.25) is 0 Å². The van der Waals surface area contributed by atoms with Crippen LogP contribution >= 0.6 is 0 Å². The lowest BCUT2D eigenvalue weighted by atomic mass is 10.0. The molecule has 0 amide bonds. The predicted molar refractivity (Wildman–Crippen MR) is 233 cm³/mol. The molecule has 0 aromatic heterocycles. The van der Waals surface area contributed by atoms with E-state index in [4.69, 9.17) is 18.9 Å². The lowest BCUT2D eigenvalue weighted by Crippen LogP contribution is -2.34. The molecule has 0 spiro atoms. The summed E-state index contributed by atoms with van der Waals surface area (Å²) in [7, 11) is 0. The van der Waals surface area contributed by atoms with Gasteiger partial charge < -0.3 is 29.2 Å². The summed E-state index contributed by atoms with van der Waals surface area (Å²) in [5.74, 6) is -1.45. The maximum Gasteiger partial charge on any atom is 0.306 e. The first-order valence-electron chi connectivity index (χ1n) is 23.9. The van der Waals surface area contributed by atoms with E-state index in [2.05, 4.69) is 32.9 Å². The normalized spacial score (nSPS) is 13.0. The maximum absolute atomic E-state index is 12.5. The second-order valence-electron chi connectivity index (χ2n) is 16.2. The van der Waals surface area contributed by atoms with Gasteiger partial charge in [0.15, 0.2) is 6.10 Å². The van der Waals surface area contributed by atoms with Gasteiger partial charge in [0.05, 0.1) is 6.61 Å². The van der Waals surface area contributed by atoms with Crippen molar-refractivity contribution in [3.05, 3.63) is 12.2 Å². The van der Waals surface area contributed by atoms with Crippen LogP contribution in [-0.4, -0.2) is 72.2 Å². The molecule has 2 N–H and O–H groups in total. The van der Waals surface area contributed by atoms with E-state index < -0.39 is 30.9 Å². The van der Waals surface area contributed by atoms with Crippen molar-refractivity contribution < 1.29 is 48.3 Å². The fourth-order valence-corrected chi connectivity index (χ4v) is 6.78. The Morgan fingerprint density at radius 1 is 0.448 bits per heavy atom. The molecule has 0 saturated heterocycles. The molecule has 0 saturated carbocycles. The molecule has 0 aliphatic heterocycles. The Morgan fingerprint density at radius 3 is 1.21 bits per heavy atom. The molecule has 0 aromatic rings. The van der Waals surface area contributed by atoms with Crippen molar-refractivity contribution in [2.24, 2.45) is 0 Å². The molecule has 10 heteroatoms. The molecule has 0 aromatic carbocycles. The van der Waals surface area contributed by atoms with E-state index in [-0.39, 0.29) is 44.0 Å². The van der Waals surface area contributed by atoms with E-state index in [9.17, 15) is 29.4 Å². The van der Waals surface area contributed by atoms with Crippen LogP contribution in [0.4, 0.5) is 0 Å². The van der Waals surface area contributed by atoms with Gasteiger partial charge in [-0.05, 0) is 64.2 Å². The van der Waals surface area contributed by atoms with E-state index in [1.807, 2.05) is 0 Å². The molecule has 0 rings (SSSR count). The van der Waals surface area contributed by atoms with Gasteiger partial charge in [-0.25, -0.2) is 0 Å². The smallest absolute Gasteiger partial charge is 0.306 e. The van der Waals surface area contributed by atoms with Gasteiger partial charge in [0.1, 0.15) is 25.4 Å². The van der Waals surface area contributed by atoms with Crippen molar-refractivity contribution >= 4 is 23.9 Å². The summed E-state index contributed by atoms with van der Waals surface area (Å²) in [6.07, 6.45) is 32.9. The highest BCUT2D eigenvalue weighted by atomic mass is 16.6. The largest absolute Gasteiger partial charge is 0.462 e. The Labute approximate surface area is 354 Å². The third kappa shape index (κ3) is 37.8. The Morgan fingerprint density at radius 2 is 0.793 bits per heavy atom. The highest BCUT2D eigenvalue weighted by molar-refractivity contribution is 5.71. The molecule has 0 aliphatic carbocycles. The van der Waals surface area contributed by atoms with Crippen LogP contribution in [0.3, 0.4) is 0 Å². The molecular formula is C48H88O10. The molecule has 0 bridgehead atoms. The zero-order chi connectivity index (χ0) is 42.7. The number of rotatable bonds is 43. The first-order valence-corrected chi connectivity index (χ1v) is 23.9. The highest BCUT2D eigenvalue weighted by Crippen LogP contribution is 2.17. The van der Waals surface area contributed by atoms with Crippen LogP contribution in [0.5, 0.6) is 0 Å². The number of carbonyl (C=O) groups is 4. The standard InChI is InChI=1S/C48H88O10/c1-4-7-10-13-14-15-16-17-18-19-20-21-22-27-33-38-48(54)58-44(43(50)39-49)34-29-26-23-28-31-36-46(52)56-41-42(57-47(53)37-32-25-12-9-6-3)40-55-45(51)35-30-24-11-8-5-2/h17-18,42-44,49-50H,4-16,19-41H2,1-3H3/b18-17-. The van der Waals surface area contributed by atoms with Crippen LogP contribution in [0.2, 0.25) is 0 Å². The topological polar surface area (TPSA) is 146 Å². The molecule has 0 aliphatic rings. The number of ether oxygens (including phenoxy) is 4. The van der Waals surface area contributed by atoms with E-state index in [0.717, 1.165) is 122 Å². The first-order chi connectivity index (χ1) is 28.3. The van der Waals surface area contributed by atoms with Gasteiger partial charge in [-0.2, -0.15) is 0 Å². The van der Waals surface area contributed by atoms with Gasteiger partial charge in [-0.15, -0.1) is 0 Å². The summed E-state index contributed by atoms with van der Waals surface area (Å²) < 4.78 is 21.9. The number of hydrogen-bond donors (Lipinski definition) is 2. The zero-order valence-corrected chi connectivity index (χ0v) is 37.5. The predicted octanol–water partition coefficient (Wildman–Crippen LogP) is 11.7.